The fourth-order valence-corrected chi connectivity index (χ4v) is 5.31. The van der Waals surface area contributed by atoms with Crippen molar-refractivity contribution < 1.29 is 27.5 Å². The first-order chi connectivity index (χ1) is 14.5. The quantitative estimate of drug-likeness (QED) is 0.423. The Bertz CT molecular complexity index is 1450. The van der Waals surface area contributed by atoms with Crippen molar-refractivity contribution in [3.05, 3.63) is 62.4 Å². The van der Waals surface area contributed by atoms with Crippen LogP contribution in [0.15, 0.2) is 50.5 Å². The Balaban J connectivity index is 1.80. The van der Waals surface area contributed by atoms with Gasteiger partial charge in [-0.3, -0.25) is 9.59 Å². The van der Waals surface area contributed by atoms with Gasteiger partial charge in [-0.1, -0.05) is 35.3 Å². The summed E-state index contributed by atoms with van der Waals surface area (Å²) in [4.78, 5) is 37.8. The molecule has 1 amide bonds. The van der Waals surface area contributed by atoms with Crippen molar-refractivity contribution in [1.82, 2.24) is 4.31 Å². The fourth-order valence-electron chi connectivity index (χ4n) is 3.30. The number of halogens is 2. The van der Waals surface area contributed by atoms with Crippen molar-refractivity contribution in [3.63, 3.8) is 0 Å². The first-order valence-corrected chi connectivity index (χ1v) is 10.8. The van der Waals surface area contributed by atoms with Gasteiger partial charge in [0.25, 0.3) is 5.91 Å². The Labute approximate surface area is 184 Å². The Morgan fingerprint density at radius 2 is 1.87 bits per heavy atom. The molecule has 0 bridgehead atoms. The largest absolute Gasteiger partial charge is 0.505 e. The molecule has 0 saturated carbocycles. The van der Waals surface area contributed by atoms with Gasteiger partial charge in [-0.05, 0) is 24.3 Å². The number of fused-ring (bicyclic) bond motifs is 2. The zero-order chi connectivity index (χ0) is 22.7. The van der Waals surface area contributed by atoms with E-state index < -0.39 is 44.8 Å². The minimum atomic E-state index is -4.15. The van der Waals surface area contributed by atoms with E-state index in [0.29, 0.717) is 4.31 Å². The van der Waals surface area contributed by atoms with E-state index in [1.807, 2.05) is 0 Å². The number of aromatic hydroxyl groups is 1. The Kier molecular flexibility index (Phi) is 5.05. The molecule has 0 saturated heterocycles. The number of hydrogen-bond donors (Lipinski definition) is 2. The summed E-state index contributed by atoms with van der Waals surface area (Å²) in [6.07, 6.45) is 0. The van der Waals surface area contributed by atoms with Crippen molar-refractivity contribution in [3.8, 4) is 5.75 Å². The molecule has 0 radical (unpaired) electrons. The van der Waals surface area contributed by atoms with Gasteiger partial charge < -0.3 is 14.8 Å². The van der Waals surface area contributed by atoms with Crippen LogP contribution in [0.25, 0.3) is 11.0 Å². The second kappa shape index (κ2) is 7.34. The van der Waals surface area contributed by atoms with E-state index in [4.69, 9.17) is 27.6 Å². The van der Waals surface area contributed by atoms with E-state index in [0.717, 1.165) is 7.05 Å². The highest BCUT2D eigenvalue weighted by atomic mass is 35.5. The van der Waals surface area contributed by atoms with Crippen molar-refractivity contribution in [2.75, 3.05) is 12.4 Å². The number of carbonyl (C=O) groups excluding carboxylic acids is 2. The van der Waals surface area contributed by atoms with Crippen molar-refractivity contribution in [2.45, 2.75) is 10.9 Å². The summed E-state index contributed by atoms with van der Waals surface area (Å²) < 4.78 is 31.1. The minimum Gasteiger partial charge on any atom is -0.505 e. The number of sulfonamides is 1. The molecular weight excluding hydrogens is 471 g/mol. The normalized spacial score (nSPS) is 18.0. The van der Waals surface area contributed by atoms with Crippen LogP contribution in [0.1, 0.15) is 10.4 Å². The number of Topliss-reactive ketones (excluding diaryl/α,β-unsaturated/α-hetero) is 1. The zero-order valence-electron chi connectivity index (χ0n) is 15.5. The van der Waals surface area contributed by atoms with Crippen molar-refractivity contribution >= 4 is 61.6 Å². The van der Waals surface area contributed by atoms with Crippen LogP contribution < -0.4 is 10.9 Å². The standard InChI is InChI=1S/C19H12Cl2N2O7S/c1-23-14(16(25)9-4-2-3-5-12(9)31(23,28)29)18(26)22-13-15(24)10-6-8(20)7-11(21)17(10)30-19(13)27/h2-7,14,24H,1H3,(H,22,26). The highest BCUT2D eigenvalue weighted by molar-refractivity contribution is 7.89. The summed E-state index contributed by atoms with van der Waals surface area (Å²) in [7, 11) is -3.09. The molecule has 4 rings (SSSR count). The molecule has 2 N–H and O–H groups in total. The first kappa shape index (κ1) is 21.3. The van der Waals surface area contributed by atoms with Gasteiger partial charge in [0.1, 0.15) is 0 Å². The maximum Gasteiger partial charge on any atom is 0.364 e. The number of amides is 1. The van der Waals surface area contributed by atoms with E-state index in [1.54, 1.807) is 0 Å². The van der Waals surface area contributed by atoms with Crippen LogP contribution in [-0.2, 0) is 14.8 Å². The second-order valence-corrected chi connectivity index (χ2v) is 9.46. The molecule has 1 aromatic heterocycles. The van der Waals surface area contributed by atoms with Crippen molar-refractivity contribution in [1.29, 1.82) is 0 Å². The predicted molar refractivity (Wildman–Crippen MR) is 112 cm³/mol. The number of ketones is 1. The molecule has 0 aliphatic carbocycles. The molecule has 31 heavy (non-hydrogen) atoms. The second-order valence-electron chi connectivity index (χ2n) is 6.65. The molecule has 1 atom stereocenters. The van der Waals surface area contributed by atoms with Crippen LogP contribution in [-0.4, -0.2) is 42.6 Å². The highest BCUT2D eigenvalue weighted by Gasteiger charge is 2.45. The molecule has 1 aliphatic rings. The van der Waals surface area contributed by atoms with Crippen LogP contribution in [0.4, 0.5) is 5.69 Å². The maximum atomic E-state index is 12.9. The van der Waals surface area contributed by atoms with Gasteiger partial charge >= 0.3 is 5.63 Å². The molecule has 2 heterocycles. The SMILES string of the molecule is CN1C(C(=O)Nc2c(O)c3cc(Cl)cc(Cl)c3oc2=O)C(=O)c2ccccc2S1(=O)=O. The molecule has 0 spiro atoms. The van der Waals surface area contributed by atoms with Gasteiger partial charge in [0.2, 0.25) is 10.0 Å². The van der Waals surface area contributed by atoms with Crippen LogP contribution in [0.3, 0.4) is 0 Å². The van der Waals surface area contributed by atoms with E-state index in [1.165, 1.54) is 36.4 Å². The molecule has 2 aromatic carbocycles. The first-order valence-electron chi connectivity index (χ1n) is 8.61. The van der Waals surface area contributed by atoms with Gasteiger partial charge in [-0.2, -0.15) is 4.31 Å². The smallest absolute Gasteiger partial charge is 0.364 e. The topological polar surface area (TPSA) is 134 Å². The van der Waals surface area contributed by atoms with Crippen LogP contribution in [0.2, 0.25) is 10.0 Å². The van der Waals surface area contributed by atoms with Gasteiger partial charge in [0.05, 0.1) is 15.3 Å². The summed E-state index contributed by atoms with van der Waals surface area (Å²) >= 11 is 11.9. The minimum absolute atomic E-state index is 0.0438. The van der Waals surface area contributed by atoms with Gasteiger partial charge in [-0.25, -0.2) is 13.2 Å². The number of nitrogens with zero attached hydrogens (tertiary/aromatic N) is 1. The molecular formula is C19H12Cl2N2O7S. The predicted octanol–water partition coefficient (Wildman–Crippen LogP) is 2.63. The van der Waals surface area contributed by atoms with E-state index in [9.17, 15) is 27.9 Å². The number of benzene rings is 2. The maximum absolute atomic E-state index is 12.9. The molecule has 3 aromatic rings. The number of nitrogens with one attached hydrogen (secondary N) is 1. The fraction of sp³-hybridized carbons (Fsp3) is 0.105. The van der Waals surface area contributed by atoms with Crippen LogP contribution in [0, 0.1) is 0 Å². The average molecular weight is 483 g/mol. The van der Waals surface area contributed by atoms with Gasteiger partial charge in [0.15, 0.2) is 28.8 Å². The molecule has 160 valence electrons. The lowest BCUT2D eigenvalue weighted by Crippen LogP contribution is -2.53. The Morgan fingerprint density at radius 1 is 1.19 bits per heavy atom. The Hall–Kier alpha value is -2.92. The highest BCUT2D eigenvalue weighted by Crippen LogP contribution is 2.36. The van der Waals surface area contributed by atoms with Crippen LogP contribution >= 0.6 is 23.2 Å². The summed E-state index contributed by atoms with van der Waals surface area (Å²) in [6, 6.07) is 6.20. The monoisotopic (exact) mass is 482 g/mol. The molecule has 1 unspecified atom stereocenters. The molecule has 9 nitrogen and oxygen atoms in total. The summed E-state index contributed by atoms with van der Waals surface area (Å²) in [6.45, 7) is 0. The van der Waals surface area contributed by atoms with Crippen molar-refractivity contribution in [2.24, 2.45) is 0 Å². The van der Waals surface area contributed by atoms with Crippen LogP contribution in [0.5, 0.6) is 5.75 Å². The lowest BCUT2D eigenvalue weighted by Gasteiger charge is -2.30. The van der Waals surface area contributed by atoms with Gasteiger partial charge in [-0.15, -0.1) is 0 Å². The zero-order valence-corrected chi connectivity index (χ0v) is 17.9. The molecule has 12 heteroatoms. The third kappa shape index (κ3) is 3.28. The number of likely N-dealkylation sites (N-methyl/N-ethyl adjacent to an activating group) is 1. The Morgan fingerprint density at radius 3 is 2.58 bits per heavy atom. The van der Waals surface area contributed by atoms with E-state index in [-0.39, 0.29) is 31.5 Å². The summed E-state index contributed by atoms with van der Waals surface area (Å²) in [5, 5.41) is 12.6. The third-order valence-corrected chi connectivity index (χ3v) is 7.20. The number of rotatable bonds is 2. The number of anilines is 1. The molecule has 0 fully saturated rings. The van der Waals surface area contributed by atoms with E-state index >= 15 is 0 Å². The lowest BCUT2D eigenvalue weighted by molar-refractivity contribution is -0.118. The average Bonchev–Trinajstić information content (AvgIpc) is 2.71. The number of hydrogen-bond acceptors (Lipinski definition) is 7. The van der Waals surface area contributed by atoms with E-state index in [2.05, 4.69) is 5.32 Å². The summed E-state index contributed by atoms with van der Waals surface area (Å²) in [5.41, 5.74) is -2.16. The third-order valence-electron chi connectivity index (χ3n) is 4.82. The van der Waals surface area contributed by atoms with Gasteiger partial charge in [0, 0.05) is 17.6 Å². The summed E-state index contributed by atoms with van der Waals surface area (Å²) in [5.74, 6) is -2.64. The lowest BCUT2D eigenvalue weighted by atomic mass is 10.0. The molecule has 1 aliphatic heterocycles. The number of carbonyl (C=O) groups is 2.